The van der Waals surface area contributed by atoms with Crippen LogP contribution in [0.4, 0.5) is 5.69 Å². The van der Waals surface area contributed by atoms with Crippen LogP contribution in [0, 0.1) is 0 Å². The van der Waals surface area contributed by atoms with Crippen molar-refractivity contribution in [3.8, 4) is 17.2 Å². The fraction of sp³-hybridized carbons (Fsp3) is 0.0667. The smallest absolute Gasteiger partial charge is 0.339 e. The average molecular weight is 287 g/mol. The number of carboxylic acids is 1. The number of carbonyl (C=O) groups excluding carboxylic acids is 1. The van der Waals surface area contributed by atoms with Crippen molar-refractivity contribution in [1.82, 2.24) is 0 Å². The molecule has 0 saturated carbocycles. The molecule has 0 heterocycles. The summed E-state index contributed by atoms with van der Waals surface area (Å²) < 4.78 is 10.7. The maximum absolute atomic E-state index is 11.2. The average Bonchev–Trinajstić information content (AvgIpc) is 2.47. The Hall–Kier alpha value is -3.02. The van der Waals surface area contributed by atoms with Crippen molar-refractivity contribution in [2.45, 2.75) is 0 Å². The number of aldehydes is 1. The number of aromatic carboxylic acids is 1. The number of carboxylic acid groups (broad SMARTS) is 1. The fourth-order valence-corrected chi connectivity index (χ4v) is 1.76. The first-order chi connectivity index (χ1) is 10.0. The number of nitrogen functional groups attached to an aromatic ring is 1. The second-order valence-electron chi connectivity index (χ2n) is 4.19. The van der Waals surface area contributed by atoms with Gasteiger partial charge in [-0.25, -0.2) is 4.79 Å². The van der Waals surface area contributed by atoms with E-state index < -0.39 is 5.97 Å². The number of hydrogen-bond acceptors (Lipinski definition) is 5. The Bertz CT molecular complexity index is 696. The summed E-state index contributed by atoms with van der Waals surface area (Å²) in [6.07, 6.45) is 0.676. The Labute approximate surface area is 120 Å². The summed E-state index contributed by atoms with van der Waals surface area (Å²) >= 11 is 0. The Morgan fingerprint density at radius 1 is 1.14 bits per heavy atom. The molecule has 2 aromatic rings. The third-order valence-corrected chi connectivity index (χ3v) is 2.78. The summed E-state index contributed by atoms with van der Waals surface area (Å²) in [5.41, 5.74) is 6.42. The van der Waals surface area contributed by atoms with Gasteiger partial charge in [-0.15, -0.1) is 0 Å². The molecule has 0 unspecified atom stereocenters. The topological polar surface area (TPSA) is 98.9 Å². The lowest BCUT2D eigenvalue weighted by Crippen LogP contribution is -2.02. The van der Waals surface area contributed by atoms with Crippen molar-refractivity contribution in [3.05, 3.63) is 47.5 Å². The van der Waals surface area contributed by atoms with Gasteiger partial charge in [-0.2, -0.15) is 0 Å². The van der Waals surface area contributed by atoms with Gasteiger partial charge in [0.25, 0.3) is 0 Å². The molecule has 0 aliphatic rings. The molecule has 0 bridgehead atoms. The summed E-state index contributed by atoms with van der Waals surface area (Å²) in [5, 5.41) is 9.14. The molecular formula is C15H13NO5. The van der Waals surface area contributed by atoms with E-state index in [9.17, 15) is 9.59 Å². The summed E-state index contributed by atoms with van der Waals surface area (Å²) in [7, 11) is 1.42. The third-order valence-electron chi connectivity index (χ3n) is 2.78. The van der Waals surface area contributed by atoms with Crippen LogP contribution in [0.3, 0.4) is 0 Å². The van der Waals surface area contributed by atoms with Crippen molar-refractivity contribution in [1.29, 1.82) is 0 Å². The zero-order chi connectivity index (χ0) is 15.4. The van der Waals surface area contributed by atoms with Crippen LogP contribution < -0.4 is 15.2 Å². The van der Waals surface area contributed by atoms with Gasteiger partial charge in [0.05, 0.1) is 7.11 Å². The summed E-state index contributed by atoms with van der Waals surface area (Å²) in [6.45, 7) is 0. The van der Waals surface area contributed by atoms with Crippen LogP contribution in [0.15, 0.2) is 36.4 Å². The van der Waals surface area contributed by atoms with E-state index in [2.05, 4.69) is 0 Å². The van der Waals surface area contributed by atoms with E-state index in [-0.39, 0.29) is 17.1 Å². The molecule has 6 nitrogen and oxygen atoms in total. The van der Waals surface area contributed by atoms with E-state index >= 15 is 0 Å². The number of ether oxygens (including phenoxy) is 2. The highest BCUT2D eigenvalue weighted by atomic mass is 16.5. The summed E-state index contributed by atoms with van der Waals surface area (Å²) in [5.74, 6) is -0.428. The zero-order valence-electron chi connectivity index (χ0n) is 11.2. The summed E-state index contributed by atoms with van der Waals surface area (Å²) in [6, 6.07) is 8.81. The third kappa shape index (κ3) is 3.11. The van der Waals surface area contributed by atoms with Gasteiger partial charge in [0.15, 0.2) is 11.5 Å². The highest BCUT2D eigenvalue weighted by molar-refractivity contribution is 5.91. The van der Waals surface area contributed by atoms with Crippen LogP contribution in [0.2, 0.25) is 0 Å². The Kier molecular flexibility index (Phi) is 4.08. The highest BCUT2D eigenvalue weighted by Gasteiger charge is 2.14. The second kappa shape index (κ2) is 5.96. The SMILES string of the molecule is COc1cc(C=O)ccc1Oc1cc(N)ccc1C(=O)O. The minimum Gasteiger partial charge on any atom is -0.493 e. The predicted molar refractivity (Wildman–Crippen MR) is 76.3 cm³/mol. The van der Waals surface area contributed by atoms with Gasteiger partial charge in [0.2, 0.25) is 0 Å². The number of carbonyl (C=O) groups is 2. The van der Waals surface area contributed by atoms with Crippen LogP contribution in [-0.2, 0) is 0 Å². The molecule has 0 atom stereocenters. The van der Waals surface area contributed by atoms with Gasteiger partial charge in [0, 0.05) is 17.3 Å². The molecule has 0 radical (unpaired) electrons. The van der Waals surface area contributed by atoms with Crippen molar-refractivity contribution < 1.29 is 24.2 Å². The maximum atomic E-state index is 11.2. The van der Waals surface area contributed by atoms with Crippen LogP contribution >= 0.6 is 0 Å². The number of benzene rings is 2. The molecule has 0 amide bonds. The van der Waals surface area contributed by atoms with E-state index in [0.717, 1.165) is 0 Å². The van der Waals surface area contributed by atoms with Gasteiger partial charge in [-0.05, 0) is 30.3 Å². The van der Waals surface area contributed by atoms with Crippen molar-refractivity contribution in [3.63, 3.8) is 0 Å². The van der Waals surface area contributed by atoms with Crippen LogP contribution in [0.25, 0.3) is 0 Å². The molecule has 0 saturated heterocycles. The van der Waals surface area contributed by atoms with E-state index in [4.69, 9.17) is 20.3 Å². The molecule has 0 aromatic heterocycles. The number of nitrogens with two attached hydrogens (primary N) is 1. The normalized spacial score (nSPS) is 9.95. The standard InChI is InChI=1S/C15H13NO5/c1-20-14-6-9(8-17)2-5-12(14)21-13-7-10(16)3-4-11(13)15(18)19/h2-8H,16H2,1H3,(H,18,19). The van der Waals surface area contributed by atoms with Gasteiger partial charge in [-0.1, -0.05) is 0 Å². The van der Waals surface area contributed by atoms with Crippen molar-refractivity contribution in [2.75, 3.05) is 12.8 Å². The molecule has 2 rings (SSSR count). The van der Waals surface area contributed by atoms with Crippen LogP contribution in [-0.4, -0.2) is 24.5 Å². The monoisotopic (exact) mass is 287 g/mol. The Balaban J connectivity index is 2.44. The number of anilines is 1. The Morgan fingerprint density at radius 3 is 2.52 bits per heavy atom. The van der Waals surface area contributed by atoms with Crippen LogP contribution in [0.1, 0.15) is 20.7 Å². The van der Waals surface area contributed by atoms with Crippen LogP contribution in [0.5, 0.6) is 17.2 Å². The molecule has 0 fully saturated rings. The van der Waals surface area contributed by atoms with Gasteiger partial charge in [0.1, 0.15) is 17.6 Å². The number of hydrogen-bond donors (Lipinski definition) is 2. The molecular weight excluding hydrogens is 274 g/mol. The zero-order valence-corrected chi connectivity index (χ0v) is 11.2. The predicted octanol–water partition coefficient (Wildman–Crippen LogP) is 2.58. The molecule has 21 heavy (non-hydrogen) atoms. The van der Waals surface area contributed by atoms with E-state index in [1.807, 2.05) is 0 Å². The lowest BCUT2D eigenvalue weighted by atomic mass is 10.1. The fourth-order valence-electron chi connectivity index (χ4n) is 1.76. The minimum atomic E-state index is -1.13. The quantitative estimate of drug-likeness (QED) is 0.647. The van der Waals surface area contributed by atoms with Gasteiger partial charge >= 0.3 is 5.97 Å². The molecule has 0 spiro atoms. The molecule has 0 aliphatic carbocycles. The molecule has 6 heteroatoms. The number of rotatable bonds is 5. The first-order valence-corrected chi connectivity index (χ1v) is 5.99. The largest absolute Gasteiger partial charge is 0.493 e. The molecule has 108 valence electrons. The summed E-state index contributed by atoms with van der Waals surface area (Å²) in [4.78, 5) is 21.9. The first kappa shape index (κ1) is 14.4. The lowest BCUT2D eigenvalue weighted by Gasteiger charge is -2.13. The van der Waals surface area contributed by atoms with Crippen molar-refractivity contribution >= 4 is 17.9 Å². The van der Waals surface area contributed by atoms with Gasteiger partial charge < -0.3 is 20.3 Å². The van der Waals surface area contributed by atoms with E-state index in [1.54, 1.807) is 0 Å². The molecule has 0 aliphatic heterocycles. The number of methoxy groups -OCH3 is 1. The Morgan fingerprint density at radius 2 is 1.90 bits per heavy atom. The first-order valence-electron chi connectivity index (χ1n) is 5.99. The molecule has 3 N–H and O–H groups in total. The minimum absolute atomic E-state index is 0.0225. The van der Waals surface area contributed by atoms with E-state index in [1.165, 1.54) is 43.5 Å². The lowest BCUT2D eigenvalue weighted by molar-refractivity contribution is 0.0694. The van der Waals surface area contributed by atoms with Crippen molar-refractivity contribution in [2.24, 2.45) is 0 Å². The highest BCUT2D eigenvalue weighted by Crippen LogP contribution is 2.34. The maximum Gasteiger partial charge on any atom is 0.339 e. The van der Waals surface area contributed by atoms with Gasteiger partial charge in [-0.3, -0.25) is 4.79 Å². The van der Waals surface area contributed by atoms with E-state index in [0.29, 0.717) is 23.3 Å². The second-order valence-corrected chi connectivity index (χ2v) is 4.19. The molecule has 2 aromatic carbocycles.